The molecular weight excluding hydrogens is 413 g/mol. The van der Waals surface area contributed by atoms with E-state index >= 15 is 0 Å². The highest BCUT2D eigenvalue weighted by Gasteiger charge is 2.27. The Labute approximate surface area is 178 Å². The van der Waals surface area contributed by atoms with Crippen LogP contribution in [0.1, 0.15) is 6.42 Å². The van der Waals surface area contributed by atoms with Crippen molar-refractivity contribution in [3.63, 3.8) is 0 Å². The molecule has 0 aliphatic carbocycles. The Hall–Kier alpha value is -2.85. The molecule has 1 aromatic heterocycles. The first-order chi connectivity index (χ1) is 14.9. The van der Waals surface area contributed by atoms with Gasteiger partial charge in [0.1, 0.15) is 18.0 Å². The van der Waals surface area contributed by atoms with Crippen molar-refractivity contribution in [2.24, 2.45) is 0 Å². The molecule has 1 saturated heterocycles. The molecule has 0 unspecified atom stereocenters. The average molecular weight is 438 g/mol. The number of halogens is 3. The largest absolute Gasteiger partial charge is 0.437 e. The van der Waals surface area contributed by atoms with Gasteiger partial charge < -0.3 is 19.7 Å². The van der Waals surface area contributed by atoms with Crippen LogP contribution in [0, 0.1) is 0 Å². The Bertz CT molecular complexity index is 828. The van der Waals surface area contributed by atoms with E-state index in [0.29, 0.717) is 56.5 Å². The summed E-state index contributed by atoms with van der Waals surface area (Å²) in [6.07, 6.45) is -2.19. The number of amides is 2. The fourth-order valence-electron chi connectivity index (χ4n) is 3.11. The highest BCUT2D eigenvalue weighted by atomic mass is 19.4. The fraction of sp³-hybridized carbons (Fsp3) is 0.429. The Balaban J connectivity index is 1.42. The second kappa shape index (κ2) is 11.0. The smallest absolute Gasteiger partial charge is 0.411 e. The molecule has 3 rings (SSSR count). The third-order valence-electron chi connectivity index (χ3n) is 4.66. The molecule has 0 saturated carbocycles. The number of para-hydroxylation sites is 1. The molecule has 1 aliphatic rings. The molecule has 0 radical (unpaired) electrons. The molecule has 168 valence electrons. The van der Waals surface area contributed by atoms with Gasteiger partial charge in [0.2, 0.25) is 5.88 Å². The van der Waals surface area contributed by atoms with Crippen LogP contribution in [-0.2, 0) is 4.74 Å². The molecule has 2 amide bonds. The lowest BCUT2D eigenvalue weighted by Gasteiger charge is -2.34. The van der Waals surface area contributed by atoms with Gasteiger partial charge in [0.25, 0.3) is 0 Å². The minimum Gasteiger partial charge on any atom is -0.437 e. The Morgan fingerprint density at radius 1 is 1.06 bits per heavy atom. The van der Waals surface area contributed by atoms with Gasteiger partial charge in [-0.25, -0.2) is 9.78 Å². The maximum absolute atomic E-state index is 12.7. The van der Waals surface area contributed by atoms with Gasteiger partial charge in [-0.15, -0.1) is 0 Å². The van der Waals surface area contributed by atoms with E-state index in [0.717, 1.165) is 0 Å². The highest BCUT2D eigenvalue weighted by molar-refractivity contribution is 5.90. The van der Waals surface area contributed by atoms with Gasteiger partial charge in [-0.2, -0.15) is 13.2 Å². The second-order valence-electron chi connectivity index (χ2n) is 7.05. The van der Waals surface area contributed by atoms with Gasteiger partial charge in [-0.1, -0.05) is 18.2 Å². The molecule has 10 heteroatoms. The standard InChI is InChI=1S/C21H25F3N4O3/c22-21(23,24)16-30-15-5-10-27-11-13-28(14-12-27)20(29)26-18-8-4-9-25-19(18)31-17-6-2-1-3-7-17/h1-4,6-9H,5,10-16H2,(H,26,29). The lowest BCUT2D eigenvalue weighted by molar-refractivity contribution is -0.174. The maximum atomic E-state index is 12.7. The molecule has 31 heavy (non-hydrogen) atoms. The molecule has 1 aromatic carbocycles. The zero-order valence-corrected chi connectivity index (χ0v) is 17.0. The first kappa shape index (κ1) is 22.8. The molecule has 0 spiro atoms. The summed E-state index contributed by atoms with van der Waals surface area (Å²) in [6, 6.07) is 12.4. The van der Waals surface area contributed by atoms with Crippen LogP contribution in [0.3, 0.4) is 0 Å². The topological polar surface area (TPSA) is 66.9 Å². The molecule has 0 atom stereocenters. The lowest BCUT2D eigenvalue weighted by Crippen LogP contribution is -2.50. The van der Waals surface area contributed by atoms with Crippen molar-refractivity contribution in [2.75, 3.05) is 51.3 Å². The number of urea groups is 1. The minimum atomic E-state index is -4.29. The zero-order chi connectivity index (χ0) is 22.1. The quantitative estimate of drug-likeness (QED) is 0.632. The number of rotatable bonds is 8. The summed E-state index contributed by atoms with van der Waals surface area (Å²) in [4.78, 5) is 20.7. The molecule has 1 N–H and O–H groups in total. The summed E-state index contributed by atoms with van der Waals surface area (Å²) in [5.74, 6) is 0.920. The SMILES string of the molecule is O=C(Nc1cccnc1Oc1ccccc1)N1CCN(CCCOCC(F)(F)F)CC1. The number of piperazine rings is 1. The first-order valence-corrected chi connectivity index (χ1v) is 10.0. The van der Waals surface area contributed by atoms with Crippen molar-refractivity contribution in [2.45, 2.75) is 12.6 Å². The summed E-state index contributed by atoms with van der Waals surface area (Å²) in [5, 5.41) is 2.84. The van der Waals surface area contributed by atoms with Crippen molar-refractivity contribution in [3.05, 3.63) is 48.7 Å². The maximum Gasteiger partial charge on any atom is 0.411 e. The van der Waals surface area contributed by atoms with Crippen LogP contribution in [0.4, 0.5) is 23.7 Å². The van der Waals surface area contributed by atoms with Gasteiger partial charge in [0.05, 0.1) is 0 Å². The van der Waals surface area contributed by atoms with Crippen LogP contribution in [-0.4, -0.2) is 72.9 Å². The average Bonchev–Trinajstić information content (AvgIpc) is 2.75. The zero-order valence-electron chi connectivity index (χ0n) is 17.0. The van der Waals surface area contributed by atoms with E-state index < -0.39 is 12.8 Å². The number of aromatic nitrogens is 1. The number of ether oxygens (including phenoxy) is 2. The van der Waals surface area contributed by atoms with E-state index in [1.54, 1.807) is 35.4 Å². The van der Waals surface area contributed by atoms with E-state index in [4.69, 9.17) is 4.74 Å². The van der Waals surface area contributed by atoms with E-state index in [1.165, 1.54) is 0 Å². The van der Waals surface area contributed by atoms with Crippen molar-refractivity contribution in [1.82, 2.24) is 14.8 Å². The van der Waals surface area contributed by atoms with Crippen molar-refractivity contribution >= 4 is 11.7 Å². The monoisotopic (exact) mass is 438 g/mol. The Kier molecular flexibility index (Phi) is 8.07. The fourth-order valence-corrected chi connectivity index (χ4v) is 3.11. The molecule has 0 bridgehead atoms. The summed E-state index contributed by atoms with van der Waals surface area (Å²) < 4.78 is 46.6. The molecule has 1 aliphatic heterocycles. The van der Waals surface area contributed by atoms with Gasteiger partial charge in [0.15, 0.2) is 0 Å². The predicted octanol–water partition coefficient (Wildman–Crippen LogP) is 3.99. The number of hydrogen-bond acceptors (Lipinski definition) is 5. The van der Waals surface area contributed by atoms with Crippen LogP contribution in [0.5, 0.6) is 11.6 Å². The first-order valence-electron chi connectivity index (χ1n) is 10.0. The summed E-state index contributed by atoms with van der Waals surface area (Å²) in [7, 11) is 0. The molecule has 2 aromatic rings. The number of anilines is 1. The number of pyridine rings is 1. The van der Waals surface area contributed by atoms with Gasteiger partial charge in [-0.05, 0) is 30.7 Å². The number of benzene rings is 1. The number of nitrogens with zero attached hydrogens (tertiary/aromatic N) is 3. The predicted molar refractivity (Wildman–Crippen MR) is 109 cm³/mol. The van der Waals surface area contributed by atoms with Crippen LogP contribution in [0.25, 0.3) is 0 Å². The molecule has 1 fully saturated rings. The Morgan fingerprint density at radius 3 is 2.52 bits per heavy atom. The number of nitrogens with one attached hydrogen (secondary N) is 1. The second-order valence-corrected chi connectivity index (χ2v) is 7.05. The van der Waals surface area contributed by atoms with Crippen LogP contribution < -0.4 is 10.1 Å². The van der Waals surface area contributed by atoms with Gasteiger partial charge in [0, 0.05) is 45.5 Å². The number of carbonyl (C=O) groups is 1. The molecule has 7 nitrogen and oxygen atoms in total. The van der Waals surface area contributed by atoms with Crippen molar-refractivity contribution in [3.8, 4) is 11.6 Å². The Morgan fingerprint density at radius 2 is 1.81 bits per heavy atom. The minimum absolute atomic E-state index is 0.0609. The van der Waals surface area contributed by atoms with Gasteiger partial charge >= 0.3 is 12.2 Å². The highest BCUT2D eigenvalue weighted by Crippen LogP contribution is 2.27. The van der Waals surface area contributed by atoms with E-state index in [1.807, 2.05) is 18.2 Å². The van der Waals surface area contributed by atoms with Crippen LogP contribution >= 0.6 is 0 Å². The molecule has 2 heterocycles. The number of hydrogen-bond donors (Lipinski definition) is 1. The normalized spacial score (nSPS) is 15.0. The number of carbonyl (C=O) groups excluding carboxylic acids is 1. The van der Waals surface area contributed by atoms with Gasteiger partial charge in [-0.3, -0.25) is 4.90 Å². The van der Waals surface area contributed by atoms with E-state index in [2.05, 4.69) is 19.9 Å². The van der Waals surface area contributed by atoms with E-state index in [-0.39, 0.29) is 12.6 Å². The number of alkyl halides is 3. The summed E-state index contributed by atoms with van der Waals surface area (Å²) >= 11 is 0. The summed E-state index contributed by atoms with van der Waals surface area (Å²) in [5.41, 5.74) is 0.473. The summed E-state index contributed by atoms with van der Waals surface area (Å²) in [6.45, 7) is 1.80. The van der Waals surface area contributed by atoms with E-state index in [9.17, 15) is 18.0 Å². The molecular formula is C21H25F3N4O3. The third kappa shape index (κ3) is 7.72. The lowest BCUT2D eigenvalue weighted by atomic mass is 10.3. The van der Waals surface area contributed by atoms with Crippen molar-refractivity contribution in [1.29, 1.82) is 0 Å². The van der Waals surface area contributed by atoms with Crippen molar-refractivity contribution < 1.29 is 27.4 Å². The van der Waals surface area contributed by atoms with Crippen LogP contribution in [0.2, 0.25) is 0 Å². The van der Waals surface area contributed by atoms with Crippen LogP contribution in [0.15, 0.2) is 48.7 Å². The third-order valence-corrected chi connectivity index (χ3v) is 4.66.